The lowest BCUT2D eigenvalue weighted by Gasteiger charge is -2.26. The van der Waals surface area contributed by atoms with E-state index in [4.69, 9.17) is 18.9 Å². The number of aliphatic hydroxyl groups is 1. The highest BCUT2D eigenvalue weighted by atomic mass is 16.7. The van der Waals surface area contributed by atoms with E-state index in [0.717, 1.165) is 29.0 Å². The number of hydrogen-bond donors (Lipinski definition) is 1. The number of rotatable bonds is 11. The van der Waals surface area contributed by atoms with Gasteiger partial charge in [0.2, 0.25) is 6.79 Å². The summed E-state index contributed by atoms with van der Waals surface area (Å²) in [6.07, 6.45) is 2.84. The molecule has 156 valence electrons. The second-order valence-corrected chi connectivity index (χ2v) is 7.03. The van der Waals surface area contributed by atoms with Crippen LogP contribution in [0.2, 0.25) is 0 Å². The molecular formula is C23H29NO5. The van der Waals surface area contributed by atoms with Gasteiger partial charge in [-0.2, -0.15) is 0 Å². The zero-order chi connectivity index (χ0) is 20.6. The van der Waals surface area contributed by atoms with Crippen molar-refractivity contribution in [2.24, 2.45) is 0 Å². The molecule has 0 saturated heterocycles. The summed E-state index contributed by atoms with van der Waals surface area (Å²) in [5.74, 6) is 2.93. The summed E-state index contributed by atoms with van der Waals surface area (Å²) < 4.78 is 21.9. The van der Waals surface area contributed by atoms with Crippen molar-refractivity contribution in [3.63, 3.8) is 0 Å². The minimum Gasteiger partial charge on any atom is -0.493 e. The van der Waals surface area contributed by atoms with Crippen LogP contribution in [-0.2, 0) is 13.1 Å². The Morgan fingerprint density at radius 3 is 2.72 bits per heavy atom. The van der Waals surface area contributed by atoms with Crippen LogP contribution in [0.5, 0.6) is 23.0 Å². The molecule has 1 atom stereocenters. The van der Waals surface area contributed by atoms with E-state index in [-0.39, 0.29) is 6.79 Å². The van der Waals surface area contributed by atoms with E-state index in [2.05, 4.69) is 11.5 Å². The first kappa shape index (κ1) is 21.0. The smallest absolute Gasteiger partial charge is 0.231 e. The zero-order valence-corrected chi connectivity index (χ0v) is 17.1. The lowest BCUT2D eigenvalue weighted by Crippen LogP contribution is -2.32. The number of methoxy groups -OCH3 is 2. The summed E-state index contributed by atoms with van der Waals surface area (Å²) >= 11 is 0. The van der Waals surface area contributed by atoms with Crippen molar-refractivity contribution >= 4 is 0 Å². The van der Waals surface area contributed by atoms with Crippen molar-refractivity contribution in [3.8, 4) is 23.0 Å². The fraction of sp³-hybridized carbons (Fsp3) is 0.391. The third kappa shape index (κ3) is 5.43. The molecule has 1 aliphatic heterocycles. The standard InChI is InChI=1S/C23H29NO5/c1-4-5-8-19(25)15-24(13-17-10-11-20-22(12-17)29-16-28-20)14-18-7-6-9-21(26-2)23(18)27-3/h4,6-7,9-12,19,25H,1,5,8,13-16H2,2-3H3. The van der Waals surface area contributed by atoms with Crippen molar-refractivity contribution in [1.82, 2.24) is 4.90 Å². The first-order valence-electron chi connectivity index (χ1n) is 9.74. The van der Waals surface area contributed by atoms with Crippen LogP contribution >= 0.6 is 0 Å². The van der Waals surface area contributed by atoms with Gasteiger partial charge in [0.15, 0.2) is 23.0 Å². The summed E-state index contributed by atoms with van der Waals surface area (Å²) in [5.41, 5.74) is 2.09. The Kier molecular flexibility index (Phi) is 7.38. The number of ether oxygens (including phenoxy) is 4. The summed E-state index contributed by atoms with van der Waals surface area (Å²) in [5, 5.41) is 10.5. The van der Waals surface area contributed by atoms with Gasteiger partial charge in [0.1, 0.15) is 0 Å². The molecule has 0 fully saturated rings. The van der Waals surface area contributed by atoms with Crippen LogP contribution in [0.3, 0.4) is 0 Å². The van der Waals surface area contributed by atoms with Crippen LogP contribution in [0, 0.1) is 0 Å². The summed E-state index contributed by atoms with van der Waals surface area (Å²) in [6.45, 7) is 5.79. The van der Waals surface area contributed by atoms with E-state index < -0.39 is 6.10 Å². The average Bonchev–Trinajstić information content (AvgIpc) is 3.19. The summed E-state index contributed by atoms with van der Waals surface area (Å²) in [6, 6.07) is 11.8. The quantitative estimate of drug-likeness (QED) is 0.581. The van der Waals surface area contributed by atoms with Crippen LogP contribution in [0.25, 0.3) is 0 Å². The van der Waals surface area contributed by atoms with Crippen molar-refractivity contribution in [1.29, 1.82) is 0 Å². The SMILES string of the molecule is C=CCCC(O)CN(Cc1ccc2c(c1)OCO2)Cc1cccc(OC)c1OC. The molecule has 29 heavy (non-hydrogen) atoms. The highest BCUT2D eigenvalue weighted by Crippen LogP contribution is 2.34. The van der Waals surface area contributed by atoms with Gasteiger partial charge in [0, 0.05) is 25.2 Å². The number of fused-ring (bicyclic) bond motifs is 1. The highest BCUT2D eigenvalue weighted by Gasteiger charge is 2.19. The van der Waals surface area contributed by atoms with E-state index in [9.17, 15) is 5.11 Å². The molecule has 2 aromatic rings. The van der Waals surface area contributed by atoms with Gasteiger partial charge < -0.3 is 24.1 Å². The molecule has 1 heterocycles. The fourth-order valence-corrected chi connectivity index (χ4v) is 3.50. The molecule has 1 unspecified atom stereocenters. The Labute approximate surface area is 172 Å². The maximum Gasteiger partial charge on any atom is 0.231 e. The van der Waals surface area contributed by atoms with E-state index in [1.165, 1.54) is 0 Å². The predicted molar refractivity (Wildman–Crippen MR) is 112 cm³/mol. The Morgan fingerprint density at radius 2 is 1.97 bits per heavy atom. The minimum absolute atomic E-state index is 0.254. The number of nitrogens with zero attached hydrogens (tertiary/aromatic N) is 1. The molecular weight excluding hydrogens is 370 g/mol. The number of benzene rings is 2. The van der Waals surface area contributed by atoms with Gasteiger partial charge >= 0.3 is 0 Å². The van der Waals surface area contributed by atoms with Crippen molar-refractivity contribution in [2.45, 2.75) is 32.0 Å². The van der Waals surface area contributed by atoms with E-state index in [0.29, 0.717) is 37.6 Å². The van der Waals surface area contributed by atoms with Crippen LogP contribution < -0.4 is 18.9 Å². The number of para-hydroxylation sites is 1. The first-order valence-corrected chi connectivity index (χ1v) is 9.74. The molecule has 3 rings (SSSR count). The predicted octanol–water partition coefficient (Wildman–Crippen LogP) is 3.76. The Morgan fingerprint density at radius 1 is 1.14 bits per heavy atom. The molecule has 6 nitrogen and oxygen atoms in total. The third-order valence-corrected chi connectivity index (χ3v) is 4.89. The third-order valence-electron chi connectivity index (χ3n) is 4.89. The molecule has 1 N–H and O–H groups in total. The van der Waals surface area contributed by atoms with Crippen molar-refractivity contribution in [3.05, 3.63) is 60.2 Å². The van der Waals surface area contributed by atoms with Gasteiger partial charge in [0.25, 0.3) is 0 Å². The molecule has 2 aromatic carbocycles. The van der Waals surface area contributed by atoms with Crippen molar-refractivity contribution in [2.75, 3.05) is 27.6 Å². The topological polar surface area (TPSA) is 60.4 Å². The maximum atomic E-state index is 10.5. The lowest BCUT2D eigenvalue weighted by atomic mass is 10.1. The molecule has 0 aliphatic carbocycles. The molecule has 6 heteroatoms. The van der Waals surface area contributed by atoms with Crippen LogP contribution in [0.4, 0.5) is 0 Å². The highest BCUT2D eigenvalue weighted by molar-refractivity contribution is 5.47. The summed E-state index contributed by atoms with van der Waals surface area (Å²) in [4.78, 5) is 2.20. The second-order valence-electron chi connectivity index (χ2n) is 7.03. The molecule has 0 saturated carbocycles. The average molecular weight is 399 g/mol. The van der Waals surface area contributed by atoms with E-state index in [1.807, 2.05) is 42.5 Å². The maximum absolute atomic E-state index is 10.5. The molecule has 0 radical (unpaired) electrons. The normalized spacial score (nSPS) is 13.4. The largest absolute Gasteiger partial charge is 0.493 e. The Balaban J connectivity index is 1.80. The number of allylic oxidation sites excluding steroid dienone is 1. The monoisotopic (exact) mass is 399 g/mol. The fourth-order valence-electron chi connectivity index (χ4n) is 3.50. The van der Waals surface area contributed by atoms with Crippen molar-refractivity contribution < 1.29 is 24.1 Å². The molecule has 1 aliphatic rings. The van der Waals surface area contributed by atoms with E-state index in [1.54, 1.807) is 14.2 Å². The van der Waals surface area contributed by atoms with Crippen LogP contribution in [-0.4, -0.2) is 43.7 Å². The second kappa shape index (κ2) is 10.2. The Hall–Kier alpha value is -2.70. The first-order chi connectivity index (χ1) is 14.1. The number of aliphatic hydroxyl groups excluding tert-OH is 1. The number of hydrogen-bond acceptors (Lipinski definition) is 6. The van der Waals surface area contributed by atoms with Crippen LogP contribution in [0.1, 0.15) is 24.0 Å². The van der Waals surface area contributed by atoms with Crippen LogP contribution in [0.15, 0.2) is 49.1 Å². The molecule has 0 aromatic heterocycles. The Bertz CT molecular complexity index is 823. The van der Waals surface area contributed by atoms with Gasteiger partial charge in [-0.25, -0.2) is 0 Å². The van der Waals surface area contributed by atoms with Gasteiger partial charge in [-0.15, -0.1) is 6.58 Å². The van der Waals surface area contributed by atoms with Gasteiger partial charge in [-0.3, -0.25) is 4.90 Å². The summed E-state index contributed by atoms with van der Waals surface area (Å²) in [7, 11) is 3.27. The van der Waals surface area contributed by atoms with E-state index >= 15 is 0 Å². The molecule has 0 bridgehead atoms. The molecule has 0 amide bonds. The van der Waals surface area contributed by atoms with Gasteiger partial charge in [-0.1, -0.05) is 24.3 Å². The van der Waals surface area contributed by atoms with Gasteiger partial charge in [-0.05, 0) is 36.6 Å². The van der Waals surface area contributed by atoms with Gasteiger partial charge in [0.05, 0.1) is 20.3 Å². The minimum atomic E-state index is -0.446. The lowest BCUT2D eigenvalue weighted by molar-refractivity contribution is 0.0978. The zero-order valence-electron chi connectivity index (χ0n) is 17.1. The molecule has 0 spiro atoms.